The third kappa shape index (κ3) is 2.36. The first kappa shape index (κ1) is 11.8. The van der Waals surface area contributed by atoms with Gasteiger partial charge in [-0.25, -0.2) is 0 Å². The van der Waals surface area contributed by atoms with E-state index >= 15 is 0 Å². The van der Waals surface area contributed by atoms with Crippen LogP contribution in [0, 0.1) is 23.2 Å². The lowest BCUT2D eigenvalue weighted by Crippen LogP contribution is -2.38. The Morgan fingerprint density at radius 1 is 1.35 bits per heavy atom. The molecule has 0 saturated carbocycles. The van der Waals surface area contributed by atoms with Crippen molar-refractivity contribution in [1.82, 2.24) is 0 Å². The fraction of sp³-hybridized carbons (Fsp3) is 0.500. The van der Waals surface area contributed by atoms with E-state index in [1.165, 1.54) is 6.42 Å². The lowest BCUT2D eigenvalue weighted by atomic mass is 9.88. The molecule has 90 valence electrons. The second-order valence-corrected chi connectivity index (χ2v) is 5.08. The van der Waals surface area contributed by atoms with Crippen LogP contribution in [0.25, 0.3) is 0 Å². The molecule has 0 radical (unpaired) electrons. The molecular formula is C14H19N3. The molecule has 0 aromatic heterocycles. The minimum Gasteiger partial charge on any atom is -0.399 e. The molecule has 2 rings (SSSR count). The average Bonchev–Trinajstić information content (AvgIpc) is 2.32. The molecule has 1 aromatic rings. The van der Waals surface area contributed by atoms with Gasteiger partial charge >= 0.3 is 0 Å². The number of nitrogen functional groups attached to an aromatic ring is 1. The Bertz CT molecular complexity index is 447. The molecule has 1 aromatic carbocycles. The maximum atomic E-state index is 9.16. The Balaban J connectivity index is 2.26. The van der Waals surface area contributed by atoms with Crippen molar-refractivity contribution in [2.75, 3.05) is 23.7 Å². The Hall–Kier alpha value is -1.69. The fourth-order valence-corrected chi connectivity index (χ4v) is 2.40. The Labute approximate surface area is 103 Å². The van der Waals surface area contributed by atoms with Gasteiger partial charge in [-0.3, -0.25) is 0 Å². The summed E-state index contributed by atoms with van der Waals surface area (Å²) in [6, 6.07) is 7.84. The molecule has 2 atom stereocenters. The van der Waals surface area contributed by atoms with Crippen molar-refractivity contribution in [3.8, 4) is 6.07 Å². The quantitative estimate of drug-likeness (QED) is 0.753. The smallest absolute Gasteiger partial charge is 0.101 e. The molecule has 17 heavy (non-hydrogen) atoms. The van der Waals surface area contributed by atoms with E-state index in [0.717, 1.165) is 24.7 Å². The summed E-state index contributed by atoms with van der Waals surface area (Å²) in [7, 11) is 0. The van der Waals surface area contributed by atoms with Gasteiger partial charge in [0.25, 0.3) is 0 Å². The first-order chi connectivity index (χ1) is 8.11. The molecule has 1 fully saturated rings. The second kappa shape index (κ2) is 4.67. The molecule has 0 spiro atoms. The van der Waals surface area contributed by atoms with Crippen LogP contribution in [0.15, 0.2) is 18.2 Å². The molecule has 1 aliphatic rings. The van der Waals surface area contributed by atoms with Crippen molar-refractivity contribution in [3.05, 3.63) is 23.8 Å². The number of hydrogen-bond acceptors (Lipinski definition) is 3. The summed E-state index contributed by atoms with van der Waals surface area (Å²) in [6.45, 7) is 6.64. The standard InChI is InChI=1S/C14H19N3/c1-10-5-6-17(9-11(10)2)14-4-3-13(16)7-12(14)8-15/h3-4,7,10-11H,5-6,9,16H2,1-2H3. The molecule has 1 saturated heterocycles. The minimum absolute atomic E-state index is 0.656. The van der Waals surface area contributed by atoms with Gasteiger partial charge in [-0.05, 0) is 36.5 Å². The summed E-state index contributed by atoms with van der Waals surface area (Å²) in [5.74, 6) is 1.44. The van der Waals surface area contributed by atoms with Gasteiger partial charge in [0.15, 0.2) is 0 Å². The van der Waals surface area contributed by atoms with Crippen LogP contribution in [0.1, 0.15) is 25.8 Å². The second-order valence-electron chi connectivity index (χ2n) is 5.08. The van der Waals surface area contributed by atoms with Gasteiger partial charge in [0.05, 0.1) is 11.3 Å². The van der Waals surface area contributed by atoms with E-state index in [9.17, 15) is 0 Å². The summed E-state index contributed by atoms with van der Waals surface area (Å²) in [4.78, 5) is 2.31. The maximum absolute atomic E-state index is 9.16. The summed E-state index contributed by atoms with van der Waals surface area (Å²) >= 11 is 0. The summed E-state index contributed by atoms with van der Waals surface area (Å²) in [6.07, 6.45) is 1.19. The predicted molar refractivity (Wildman–Crippen MR) is 70.7 cm³/mol. The number of benzene rings is 1. The normalized spacial score (nSPS) is 24.4. The zero-order valence-corrected chi connectivity index (χ0v) is 10.5. The third-order valence-corrected chi connectivity index (χ3v) is 3.82. The SMILES string of the molecule is CC1CCN(c2ccc(N)cc2C#N)CC1C. The van der Waals surface area contributed by atoms with Gasteiger partial charge in [0.2, 0.25) is 0 Å². The molecule has 2 N–H and O–H groups in total. The first-order valence-corrected chi connectivity index (χ1v) is 6.16. The molecule has 0 bridgehead atoms. The van der Waals surface area contributed by atoms with E-state index in [1.807, 2.05) is 12.1 Å². The molecule has 2 unspecified atom stereocenters. The lowest BCUT2D eigenvalue weighted by molar-refractivity contribution is 0.324. The van der Waals surface area contributed by atoms with Crippen molar-refractivity contribution >= 4 is 11.4 Å². The number of nitrogens with zero attached hydrogens (tertiary/aromatic N) is 2. The Morgan fingerprint density at radius 2 is 2.12 bits per heavy atom. The van der Waals surface area contributed by atoms with Crippen LogP contribution in [0.2, 0.25) is 0 Å². The third-order valence-electron chi connectivity index (χ3n) is 3.82. The van der Waals surface area contributed by atoms with E-state index in [0.29, 0.717) is 17.2 Å². The largest absolute Gasteiger partial charge is 0.399 e. The van der Waals surface area contributed by atoms with Crippen molar-refractivity contribution in [1.29, 1.82) is 5.26 Å². The topological polar surface area (TPSA) is 53.0 Å². The van der Waals surface area contributed by atoms with E-state index in [1.54, 1.807) is 6.07 Å². The lowest BCUT2D eigenvalue weighted by Gasteiger charge is -2.37. The van der Waals surface area contributed by atoms with Gasteiger partial charge in [-0.2, -0.15) is 5.26 Å². The predicted octanol–water partition coefficient (Wildman–Crippen LogP) is 2.62. The van der Waals surface area contributed by atoms with Crippen molar-refractivity contribution in [2.24, 2.45) is 11.8 Å². The van der Waals surface area contributed by atoms with Crippen LogP contribution < -0.4 is 10.6 Å². The molecule has 0 amide bonds. The summed E-state index contributed by atoms with van der Waals surface area (Å²) < 4.78 is 0. The molecular weight excluding hydrogens is 210 g/mol. The molecule has 0 aliphatic carbocycles. The van der Waals surface area contributed by atoms with E-state index in [4.69, 9.17) is 11.0 Å². The molecule has 1 heterocycles. The number of nitriles is 1. The number of hydrogen-bond donors (Lipinski definition) is 1. The van der Waals surface area contributed by atoms with Crippen LogP contribution in [0.5, 0.6) is 0 Å². The van der Waals surface area contributed by atoms with Crippen LogP contribution in [-0.4, -0.2) is 13.1 Å². The van der Waals surface area contributed by atoms with Crippen LogP contribution in [-0.2, 0) is 0 Å². The van der Waals surface area contributed by atoms with Crippen LogP contribution >= 0.6 is 0 Å². The van der Waals surface area contributed by atoms with E-state index < -0.39 is 0 Å². The minimum atomic E-state index is 0.656. The highest BCUT2D eigenvalue weighted by Crippen LogP contribution is 2.29. The Morgan fingerprint density at radius 3 is 2.76 bits per heavy atom. The zero-order chi connectivity index (χ0) is 12.4. The van der Waals surface area contributed by atoms with Crippen LogP contribution in [0.3, 0.4) is 0 Å². The van der Waals surface area contributed by atoms with Gasteiger partial charge in [-0.15, -0.1) is 0 Å². The van der Waals surface area contributed by atoms with Gasteiger partial charge < -0.3 is 10.6 Å². The molecule has 1 aliphatic heterocycles. The van der Waals surface area contributed by atoms with Crippen molar-refractivity contribution in [3.63, 3.8) is 0 Å². The molecule has 3 heteroatoms. The van der Waals surface area contributed by atoms with E-state index in [2.05, 4.69) is 24.8 Å². The first-order valence-electron chi connectivity index (χ1n) is 6.16. The van der Waals surface area contributed by atoms with Crippen LogP contribution in [0.4, 0.5) is 11.4 Å². The van der Waals surface area contributed by atoms with Crippen molar-refractivity contribution in [2.45, 2.75) is 20.3 Å². The highest BCUT2D eigenvalue weighted by Gasteiger charge is 2.24. The number of piperidine rings is 1. The number of rotatable bonds is 1. The molecule has 3 nitrogen and oxygen atoms in total. The van der Waals surface area contributed by atoms with Crippen molar-refractivity contribution < 1.29 is 0 Å². The summed E-state index contributed by atoms with van der Waals surface area (Å²) in [5.41, 5.74) is 8.08. The maximum Gasteiger partial charge on any atom is 0.101 e. The van der Waals surface area contributed by atoms with Gasteiger partial charge in [0.1, 0.15) is 6.07 Å². The highest BCUT2D eigenvalue weighted by atomic mass is 15.1. The number of nitrogens with two attached hydrogens (primary N) is 1. The average molecular weight is 229 g/mol. The zero-order valence-electron chi connectivity index (χ0n) is 10.5. The summed E-state index contributed by atoms with van der Waals surface area (Å²) in [5, 5.41) is 9.16. The highest BCUT2D eigenvalue weighted by molar-refractivity contribution is 5.64. The fourth-order valence-electron chi connectivity index (χ4n) is 2.40. The van der Waals surface area contributed by atoms with E-state index in [-0.39, 0.29) is 0 Å². The number of anilines is 2. The monoisotopic (exact) mass is 229 g/mol. The van der Waals surface area contributed by atoms with Gasteiger partial charge in [0, 0.05) is 18.8 Å². The van der Waals surface area contributed by atoms with Gasteiger partial charge in [-0.1, -0.05) is 13.8 Å². The Kier molecular flexibility index (Phi) is 3.23.